The Hall–Kier alpha value is -4.45. The SMILES string of the molecule is O=[N+]([O-])c1ccc(S(=O)(=O)Nc2ccccc2C(O)(C#Cc2ccccc2)c2ccccc2)cc1. The van der Waals surface area contributed by atoms with E-state index in [1.54, 1.807) is 48.5 Å². The molecule has 35 heavy (non-hydrogen) atoms. The van der Waals surface area contributed by atoms with Gasteiger partial charge >= 0.3 is 0 Å². The van der Waals surface area contributed by atoms with Crippen LogP contribution in [0.15, 0.2) is 114 Å². The van der Waals surface area contributed by atoms with Gasteiger partial charge in [0.1, 0.15) is 0 Å². The van der Waals surface area contributed by atoms with Crippen LogP contribution >= 0.6 is 0 Å². The summed E-state index contributed by atoms with van der Waals surface area (Å²) in [5, 5.41) is 22.8. The number of rotatable bonds is 6. The van der Waals surface area contributed by atoms with Crippen molar-refractivity contribution in [3.05, 3.63) is 136 Å². The Morgan fingerprint density at radius 2 is 1.37 bits per heavy atom. The number of benzene rings is 4. The fourth-order valence-corrected chi connectivity index (χ4v) is 4.58. The number of nitro benzene ring substituents is 1. The van der Waals surface area contributed by atoms with Crippen molar-refractivity contribution in [2.75, 3.05) is 4.72 Å². The minimum absolute atomic E-state index is 0.125. The normalized spacial score (nSPS) is 12.6. The Balaban J connectivity index is 1.80. The maximum atomic E-state index is 13.1. The zero-order valence-corrected chi connectivity index (χ0v) is 19.1. The Morgan fingerprint density at radius 1 is 0.800 bits per heavy atom. The van der Waals surface area contributed by atoms with Gasteiger partial charge < -0.3 is 5.11 Å². The number of hydrogen-bond donors (Lipinski definition) is 2. The van der Waals surface area contributed by atoms with Gasteiger partial charge in [0.25, 0.3) is 15.7 Å². The third kappa shape index (κ3) is 5.22. The van der Waals surface area contributed by atoms with Crippen LogP contribution in [0.2, 0.25) is 0 Å². The highest BCUT2D eigenvalue weighted by molar-refractivity contribution is 7.92. The second-order valence-corrected chi connectivity index (χ2v) is 9.28. The average Bonchev–Trinajstić information content (AvgIpc) is 2.88. The monoisotopic (exact) mass is 484 g/mol. The van der Waals surface area contributed by atoms with Gasteiger partial charge in [0.05, 0.1) is 15.5 Å². The van der Waals surface area contributed by atoms with Crippen LogP contribution in [0.5, 0.6) is 0 Å². The summed E-state index contributed by atoms with van der Waals surface area (Å²) >= 11 is 0. The molecule has 4 aromatic rings. The van der Waals surface area contributed by atoms with Gasteiger partial charge in [0, 0.05) is 28.8 Å². The summed E-state index contributed by atoms with van der Waals surface area (Å²) in [6, 6.07) is 28.8. The van der Waals surface area contributed by atoms with E-state index in [0.29, 0.717) is 11.1 Å². The van der Waals surface area contributed by atoms with Gasteiger partial charge in [0.2, 0.25) is 0 Å². The molecule has 4 aromatic carbocycles. The number of aliphatic hydroxyl groups is 1. The van der Waals surface area contributed by atoms with E-state index in [2.05, 4.69) is 16.6 Å². The Kier molecular flexibility index (Phi) is 6.64. The van der Waals surface area contributed by atoms with Gasteiger partial charge in [-0.3, -0.25) is 14.8 Å². The maximum Gasteiger partial charge on any atom is 0.269 e. The van der Waals surface area contributed by atoms with Crippen molar-refractivity contribution >= 4 is 21.4 Å². The fraction of sp³-hybridized carbons (Fsp3) is 0.0370. The van der Waals surface area contributed by atoms with Crippen LogP contribution in [0.1, 0.15) is 16.7 Å². The number of non-ortho nitro benzene ring substituents is 1. The number of hydrogen-bond acceptors (Lipinski definition) is 5. The summed E-state index contributed by atoms with van der Waals surface area (Å²) in [6.45, 7) is 0. The van der Waals surface area contributed by atoms with E-state index >= 15 is 0 Å². The van der Waals surface area contributed by atoms with E-state index in [1.165, 1.54) is 6.07 Å². The molecule has 0 aliphatic rings. The van der Waals surface area contributed by atoms with Crippen molar-refractivity contribution in [1.82, 2.24) is 0 Å². The second-order valence-electron chi connectivity index (χ2n) is 7.59. The van der Waals surface area contributed by atoms with E-state index in [1.807, 2.05) is 30.3 Å². The van der Waals surface area contributed by atoms with Crippen LogP contribution in [0.25, 0.3) is 0 Å². The van der Waals surface area contributed by atoms with Crippen molar-refractivity contribution in [2.24, 2.45) is 0 Å². The molecule has 1 unspecified atom stereocenters. The lowest BCUT2D eigenvalue weighted by molar-refractivity contribution is -0.384. The van der Waals surface area contributed by atoms with E-state index < -0.39 is 20.5 Å². The lowest BCUT2D eigenvalue weighted by atomic mass is 9.85. The number of nitrogens with zero attached hydrogens (tertiary/aromatic N) is 1. The lowest BCUT2D eigenvalue weighted by Crippen LogP contribution is -2.27. The van der Waals surface area contributed by atoms with Crippen LogP contribution in [-0.2, 0) is 15.6 Å². The molecule has 0 saturated heterocycles. The summed E-state index contributed by atoms with van der Waals surface area (Å²) in [7, 11) is -4.12. The van der Waals surface area contributed by atoms with Crippen molar-refractivity contribution < 1.29 is 18.4 Å². The standard InChI is InChI=1S/C27H20N2O5S/c30-27(22-11-5-2-6-12-22,20-19-21-9-3-1-4-10-21)25-13-7-8-14-26(25)28-35(33,34)24-17-15-23(16-18-24)29(31)32/h1-18,28,30H. The van der Waals surface area contributed by atoms with Crippen LogP contribution in [-0.4, -0.2) is 18.4 Å². The second kappa shape index (κ2) is 9.81. The molecule has 1 atom stereocenters. The highest BCUT2D eigenvalue weighted by Crippen LogP contribution is 2.35. The zero-order chi connectivity index (χ0) is 24.9. The third-order valence-electron chi connectivity index (χ3n) is 5.27. The molecule has 0 heterocycles. The first-order valence-electron chi connectivity index (χ1n) is 10.5. The van der Waals surface area contributed by atoms with E-state index in [0.717, 1.165) is 24.3 Å². The minimum Gasteiger partial charge on any atom is -0.369 e. The average molecular weight is 485 g/mol. The largest absolute Gasteiger partial charge is 0.369 e. The third-order valence-corrected chi connectivity index (χ3v) is 6.65. The maximum absolute atomic E-state index is 13.1. The molecule has 4 rings (SSSR count). The molecule has 0 bridgehead atoms. The molecule has 8 heteroatoms. The molecular formula is C27H20N2O5S. The van der Waals surface area contributed by atoms with E-state index in [9.17, 15) is 23.6 Å². The summed E-state index contributed by atoms with van der Waals surface area (Å²) in [5.41, 5.74) is -0.555. The molecule has 0 aliphatic heterocycles. The molecule has 0 amide bonds. The van der Waals surface area contributed by atoms with E-state index in [4.69, 9.17) is 0 Å². The molecule has 7 nitrogen and oxygen atoms in total. The molecule has 0 fully saturated rings. The van der Waals surface area contributed by atoms with Crippen LogP contribution in [0.3, 0.4) is 0 Å². The van der Waals surface area contributed by atoms with Crippen molar-refractivity contribution in [2.45, 2.75) is 10.5 Å². The Labute approximate surface area is 202 Å². The van der Waals surface area contributed by atoms with Crippen LogP contribution in [0.4, 0.5) is 11.4 Å². The fourth-order valence-electron chi connectivity index (χ4n) is 3.50. The van der Waals surface area contributed by atoms with Gasteiger partial charge in [-0.15, -0.1) is 0 Å². The zero-order valence-electron chi connectivity index (χ0n) is 18.3. The van der Waals surface area contributed by atoms with Crippen LogP contribution < -0.4 is 4.72 Å². The van der Waals surface area contributed by atoms with Gasteiger partial charge in [0.15, 0.2) is 5.60 Å². The summed E-state index contributed by atoms with van der Waals surface area (Å²) in [4.78, 5) is 10.1. The quantitative estimate of drug-likeness (QED) is 0.235. The predicted octanol–water partition coefficient (Wildman–Crippen LogP) is 4.68. The smallest absolute Gasteiger partial charge is 0.269 e. The lowest BCUT2D eigenvalue weighted by Gasteiger charge is -2.26. The van der Waals surface area contributed by atoms with Gasteiger partial charge in [-0.25, -0.2) is 8.42 Å². The number of para-hydroxylation sites is 1. The predicted molar refractivity (Wildman–Crippen MR) is 133 cm³/mol. The first-order valence-corrected chi connectivity index (χ1v) is 12.0. The topological polar surface area (TPSA) is 110 Å². The van der Waals surface area contributed by atoms with E-state index in [-0.39, 0.29) is 21.8 Å². The Bertz CT molecular complexity index is 1510. The number of anilines is 1. The number of nitro groups is 1. The first-order chi connectivity index (χ1) is 16.8. The van der Waals surface area contributed by atoms with Crippen molar-refractivity contribution in [3.8, 4) is 11.8 Å². The van der Waals surface area contributed by atoms with Crippen LogP contribution in [0, 0.1) is 22.0 Å². The molecular weight excluding hydrogens is 464 g/mol. The molecule has 0 aromatic heterocycles. The number of nitrogens with one attached hydrogen (secondary N) is 1. The van der Waals surface area contributed by atoms with Crippen molar-refractivity contribution in [1.29, 1.82) is 0 Å². The molecule has 174 valence electrons. The molecule has 0 aliphatic carbocycles. The van der Waals surface area contributed by atoms with Gasteiger partial charge in [-0.1, -0.05) is 78.6 Å². The molecule has 0 radical (unpaired) electrons. The summed E-state index contributed by atoms with van der Waals surface area (Å²) < 4.78 is 28.7. The minimum atomic E-state index is -4.12. The Morgan fingerprint density at radius 3 is 2.00 bits per heavy atom. The van der Waals surface area contributed by atoms with Gasteiger partial charge in [-0.2, -0.15) is 0 Å². The molecule has 0 saturated carbocycles. The van der Waals surface area contributed by atoms with Gasteiger partial charge in [-0.05, 0) is 30.3 Å². The first kappa shape index (κ1) is 23.7. The summed E-state index contributed by atoms with van der Waals surface area (Å²) in [5.74, 6) is 5.91. The molecule has 2 N–H and O–H groups in total. The highest BCUT2D eigenvalue weighted by atomic mass is 32.2. The van der Waals surface area contributed by atoms with Crippen molar-refractivity contribution in [3.63, 3.8) is 0 Å². The molecule has 0 spiro atoms. The number of sulfonamides is 1. The highest BCUT2D eigenvalue weighted by Gasteiger charge is 2.33. The summed E-state index contributed by atoms with van der Waals surface area (Å²) in [6.07, 6.45) is 0.